The zero-order chi connectivity index (χ0) is 28.4. The van der Waals surface area contributed by atoms with Gasteiger partial charge in [-0.15, -0.1) is 6.42 Å². The number of nitrogens with zero attached hydrogens (tertiary/aromatic N) is 3. The number of hydrogen-bond donors (Lipinski definition) is 0. The Morgan fingerprint density at radius 3 is 2.75 bits per heavy atom. The summed E-state index contributed by atoms with van der Waals surface area (Å²) in [5, 5.41) is 13.3. The van der Waals surface area contributed by atoms with Crippen LogP contribution in [0.25, 0.3) is 16.8 Å². The van der Waals surface area contributed by atoms with Gasteiger partial charge in [0.15, 0.2) is 4.80 Å². The predicted octanol–water partition coefficient (Wildman–Crippen LogP) is 3.87. The molecule has 3 aromatic carbocycles. The number of ether oxygens (including phenoxy) is 2. The van der Waals surface area contributed by atoms with E-state index >= 15 is 0 Å². The molecule has 1 aromatic heterocycles. The molecule has 0 saturated heterocycles. The van der Waals surface area contributed by atoms with Gasteiger partial charge in [-0.05, 0) is 42.3 Å². The highest BCUT2D eigenvalue weighted by molar-refractivity contribution is 7.07. The summed E-state index contributed by atoms with van der Waals surface area (Å²) in [6.45, 7) is 3.54. The van der Waals surface area contributed by atoms with Crippen LogP contribution in [0.5, 0.6) is 5.75 Å². The van der Waals surface area contributed by atoms with E-state index in [0.717, 1.165) is 27.7 Å². The average molecular weight is 554 g/mol. The van der Waals surface area contributed by atoms with Crippen LogP contribution in [0, 0.1) is 22.5 Å². The maximum atomic E-state index is 14.0. The minimum absolute atomic E-state index is 0.0525. The largest absolute Gasteiger partial charge is 0.480 e. The van der Waals surface area contributed by atoms with Crippen LogP contribution in [-0.2, 0) is 9.53 Å². The number of terminal acetylenes is 1. The van der Waals surface area contributed by atoms with E-state index in [1.54, 1.807) is 13.8 Å². The van der Waals surface area contributed by atoms with Gasteiger partial charge >= 0.3 is 5.97 Å². The van der Waals surface area contributed by atoms with Gasteiger partial charge in [0.25, 0.3) is 11.2 Å². The zero-order valence-electron chi connectivity index (χ0n) is 21.6. The highest BCUT2D eigenvalue weighted by atomic mass is 32.1. The number of benzene rings is 3. The summed E-state index contributed by atoms with van der Waals surface area (Å²) >= 11 is 1.11. The second-order valence-electron chi connectivity index (χ2n) is 8.84. The standard InChI is InChI=1S/C30H23N3O6S/c1-4-15-39-24-14-13-21(33(36)37)16-20(24)17-25-28(34)32-27(23-12-8-10-19-9-6-7-11-22(19)23)26(29(35)38-5-2)18(3)31-30(32)40-25/h1,6-14,16-17,27H,5,15H2,2-3H3/b25-17+/t27-/m1/s1. The van der Waals surface area contributed by atoms with E-state index < -0.39 is 22.5 Å². The molecule has 40 heavy (non-hydrogen) atoms. The van der Waals surface area contributed by atoms with Gasteiger partial charge in [-0.25, -0.2) is 9.79 Å². The Morgan fingerprint density at radius 2 is 2.00 bits per heavy atom. The van der Waals surface area contributed by atoms with E-state index in [-0.39, 0.29) is 29.0 Å². The van der Waals surface area contributed by atoms with E-state index in [0.29, 0.717) is 21.8 Å². The lowest BCUT2D eigenvalue weighted by molar-refractivity contribution is -0.384. The maximum Gasteiger partial charge on any atom is 0.338 e. The van der Waals surface area contributed by atoms with Crippen molar-refractivity contribution in [2.75, 3.05) is 13.2 Å². The van der Waals surface area contributed by atoms with Gasteiger partial charge < -0.3 is 9.47 Å². The molecule has 9 nitrogen and oxygen atoms in total. The zero-order valence-corrected chi connectivity index (χ0v) is 22.4. The number of aromatic nitrogens is 1. The van der Waals surface area contributed by atoms with Crippen molar-refractivity contribution in [3.63, 3.8) is 0 Å². The Morgan fingerprint density at radius 1 is 1.23 bits per heavy atom. The van der Waals surface area contributed by atoms with Crippen molar-refractivity contribution in [1.29, 1.82) is 0 Å². The molecule has 5 rings (SSSR count). The van der Waals surface area contributed by atoms with Crippen molar-refractivity contribution in [2.45, 2.75) is 19.9 Å². The monoisotopic (exact) mass is 553 g/mol. The first-order valence-electron chi connectivity index (χ1n) is 12.4. The third kappa shape index (κ3) is 4.79. The fraction of sp³-hybridized carbons (Fsp3) is 0.167. The molecule has 1 atom stereocenters. The molecule has 0 radical (unpaired) electrons. The molecule has 0 bridgehead atoms. The molecule has 200 valence electrons. The van der Waals surface area contributed by atoms with Crippen LogP contribution in [0.4, 0.5) is 5.69 Å². The lowest BCUT2D eigenvalue weighted by Gasteiger charge is -2.25. The van der Waals surface area contributed by atoms with E-state index in [9.17, 15) is 19.7 Å². The summed E-state index contributed by atoms with van der Waals surface area (Å²) in [6, 6.07) is 16.7. The Labute approximate surface area is 232 Å². The molecule has 1 aliphatic heterocycles. The molecular weight excluding hydrogens is 530 g/mol. The number of nitro groups is 1. The van der Waals surface area contributed by atoms with Gasteiger partial charge in [0.1, 0.15) is 12.4 Å². The fourth-order valence-electron chi connectivity index (χ4n) is 4.73. The second kappa shape index (κ2) is 11.0. The number of non-ortho nitro benzene ring substituents is 1. The summed E-state index contributed by atoms with van der Waals surface area (Å²) in [4.78, 5) is 43.2. The van der Waals surface area contributed by atoms with Crippen LogP contribution in [0.1, 0.15) is 31.0 Å². The van der Waals surface area contributed by atoms with Crippen LogP contribution in [0.3, 0.4) is 0 Å². The van der Waals surface area contributed by atoms with Gasteiger partial charge in [-0.2, -0.15) is 0 Å². The molecule has 0 saturated carbocycles. The Kier molecular flexibility index (Phi) is 7.31. The molecule has 0 aliphatic carbocycles. The van der Waals surface area contributed by atoms with Gasteiger partial charge in [0.2, 0.25) is 0 Å². The third-order valence-corrected chi connectivity index (χ3v) is 7.42. The van der Waals surface area contributed by atoms with Gasteiger partial charge in [0.05, 0.1) is 33.4 Å². The number of rotatable bonds is 7. The molecule has 0 fully saturated rings. The highest BCUT2D eigenvalue weighted by Gasteiger charge is 2.34. The lowest BCUT2D eigenvalue weighted by Crippen LogP contribution is -2.40. The van der Waals surface area contributed by atoms with Gasteiger partial charge in [-0.1, -0.05) is 59.7 Å². The van der Waals surface area contributed by atoms with Crippen molar-refractivity contribution in [1.82, 2.24) is 4.57 Å². The number of carbonyl (C=O) groups is 1. The highest BCUT2D eigenvalue weighted by Crippen LogP contribution is 2.35. The number of nitro benzene ring substituents is 1. The topological polar surface area (TPSA) is 113 Å². The minimum atomic E-state index is -0.800. The lowest BCUT2D eigenvalue weighted by atomic mass is 9.91. The van der Waals surface area contributed by atoms with Crippen molar-refractivity contribution in [3.05, 3.63) is 113 Å². The summed E-state index contributed by atoms with van der Waals surface area (Å²) in [7, 11) is 0. The number of thiazole rings is 1. The van der Waals surface area contributed by atoms with Crippen molar-refractivity contribution in [3.8, 4) is 18.1 Å². The van der Waals surface area contributed by atoms with Crippen LogP contribution in [0.2, 0.25) is 0 Å². The Hall–Kier alpha value is -5.01. The number of fused-ring (bicyclic) bond motifs is 2. The smallest absolute Gasteiger partial charge is 0.338 e. The normalized spacial score (nSPS) is 14.8. The molecule has 2 heterocycles. The molecule has 0 N–H and O–H groups in total. The van der Waals surface area contributed by atoms with Crippen LogP contribution in [-0.4, -0.2) is 28.7 Å². The number of esters is 1. The van der Waals surface area contributed by atoms with Gasteiger partial charge in [-0.3, -0.25) is 19.5 Å². The van der Waals surface area contributed by atoms with E-state index in [2.05, 4.69) is 10.9 Å². The van der Waals surface area contributed by atoms with Crippen molar-refractivity contribution < 1.29 is 19.2 Å². The predicted molar refractivity (Wildman–Crippen MR) is 152 cm³/mol. The third-order valence-electron chi connectivity index (χ3n) is 6.44. The summed E-state index contributed by atoms with van der Waals surface area (Å²) < 4.78 is 12.7. The molecule has 4 aromatic rings. The van der Waals surface area contributed by atoms with Crippen molar-refractivity contribution >= 4 is 39.8 Å². The minimum Gasteiger partial charge on any atom is -0.480 e. The first-order chi connectivity index (χ1) is 19.3. The number of carbonyl (C=O) groups excluding carboxylic acids is 1. The molecule has 0 spiro atoms. The van der Waals surface area contributed by atoms with E-state index in [1.807, 2.05) is 42.5 Å². The Balaban J connectivity index is 1.78. The summed E-state index contributed by atoms with van der Waals surface area (Å²) in [5.41, 5.74) is 1.20. The van der Waals surface area contributed by atoms with Crippen LogP contribution >= 0.6 is 11.3 Å². The Bertz CT molecular complexity index is 1920. The summed E-state index contributed by atoms with van der Waals surface area (Å²) in [6.07, 6.45) is 6.85. The van der Waals surface area contributed by atoms with E-state index in [1.165, 1.54) is 28.8 Å². The molecule has 10 heteroatoms. The summed E-state index contributed by atoms with van der Waals surface area (Å²) in [5.74, 6) is 2.11. The van der Waals surface area contributed by atoms with Gasteiger partial charge in [0, 0.05) is 17.7 Å². The second-order valence-corrected chi connectivity index (χ2v) is 9.85. The number of allylic oxidation sites excluding steroid dienone is 1. The van der Waals surface area contributed by atoms with E-state index in [4.69, 9.17) is 15.9 Å². The molecule has 0 unspecified atom stereocenters. The van der Waals surface area contributed by atoms with Crippen LogP contribution < -0.4 is 19.6 Å². The van der Waals surface area contributed by atoms with Crippen LogP contribution in [0.15, 0.2) is 81.7 Å². The molecule has 0 amide bonds. The number of hydrogen-bond acceptors (Lipinski definition) is 8. The first-order valence-corrected chi connectivity index (χ1v) is 13.2. The molecule has 1 aliphatic rings. The quantitative estimate of drug-likeness (QED) is 0.149. The first kappa shape index (κ1) is 26.6. The molecular formula is C30H23N3O6S. The fourth-order valence-corrected chi connectivity index (χ4v) is 5.77. The maximum absolute atomic E-state index is 14.0. The SMILES string of the molecule is C#CCOc1ccc([N+](=O)[O-])cc1/C=c1/sc2n(c1=O)[C@H](c1cccc3ccccc13)C(C(=O)OCC)=C(C)N=2. The van der Waals surface area contributed by atoms with Crippen molar-refractivity contribution in [2.24, 2.45) is 4.99 Å². The average Bonchev–Trinajstić information content (AvgIpc) is 3.25.